The molecule has 0 aliphatic carbocycles. The average Bonchev–Trinajstić information content (AvgIpc) is 2.18. The lowest BCUT2D eigenvalue weighted by Crippen LogP contribution is -2.12. The molecule has 0 unspecified atom stereocenters. The fraction of sp³-hybridized carbons (Fsp3) is 0.125. The summed E-state index contributed by atoms with van der Waals surface area (Å²) in [6.07, 6.45) is 0. The molecule has 0 saturated carbocycles. The summed E-state index contributed by atoms with van der Waals surface area (Å²) >= 11 is 8.41. The summed E-state index contributed by atoms with van der Waals surface area (Å²) < 4.78 is 13.5. The van der Waals surface area contributed by atoms with Crippen LogP contribution in [0.25, 0.3) is 0 Å². The first-order valence-electron chi connectivity index (χ1n) is 3.62. The molecular formula is C8H7BrClFN2O. The largest absolute Gasteiger partial charge is 0.504 e. The fourth-order valence-corrected chi connectivity index (χ4v) is 1.19. The molecule has 0 aliphatic rings. The number of hydrogen-bond acceptors (Lipinski definition) is 2. The monoisotopic (exact) mass is 280 g/mol. The van der Waals surface area contributed by atoms with Crippen LogP contribution in [-0.2, 0) is 0 Å². The molecule has 0 spiro atoms. The van der Waals surface area contributed by atoms with Crippen LogP contribution in [0.3, 0.4) is 0 Å². The Morgan fingerprint density at radius 1 is 1.64 bits per heavy atom. The predicted octanol–water partition coefficient (Wildman–Crippen LogP) is 2.52. The Morgan fingerprint density at radius 3 is 2.86 bits per heavy atom. The van der Waals surface area contributed by atoms with Crippen molar-refractivity contribution in [1.82, 2.24) is 0 Å². The second kappa shape index (κ2) is 4.61. The van der Waals surface area contributed by atoms with Crippen molar-refractivity contribution in [2.75, 3.05) is 5.88 Å². The van der Waals surface area contributed by atoms with Gasteiger partial charge in [-0.05, 0) is 28.1 Å². The third kappa shape index (κ3) is 2.36. The fourth-order valence-electron chi connectivity index (χ4n) is 0.810. The van der Waals surface area contributed by atoms with Crippen molar-refractivity contribution in [3.63, 3.8) is 0 Å². The van der Waals surface area contributed by atoms with Gasteiger partial charge in [0.05, 0.1) is 10.4 Å². The van der Waals surface area contributed by atoms with Crippen LogP contribution in [0, 0.1) is 5.82 Å². The summed E-state index contributed by atoms with van der Waals surface area (Å²) in [6, 6.07) is 2.55. The van der Waals surface area contributed by atoms with Gasteiger partial charge in [-0.1, -0.05) is 0 Å². The Bertz CT molecular complexity index is 384. The number of alkyl halides is 1. The summed E-state index contributed by atoms with van der Waals surface area (Å²) in [4.78, 5) is 3.64. The highest BCUT2D eigenvalue weighted by atomic mass is 79.9. The molecule has 0 radical (unpaired) electrons. The molecular weight excluding hydrogens is 274 g/mol. The van der Waals surface area contributed by atoms with Crippen molar-refractivity contribution < 1.29 is 9.50 Å². The number of phenolic OH excluding ortho intramolecular Hbond substituents is 1. The molecule has 0 bridgehead atoms. The van der Waals surface area contributed by atoms with Gasteiger partial charge in [0.2, 0.25) is 0 Å². The number of phenols is 1. The Morgan fingerprint density at radius 2 is 2.29 bits per heavy atom. The first-order chi connectivity index (χ1) is 6.56. The molecule has 76 valence electrons. The minimum absolute atomic E-state index is 0.0224. The smallest absolute Gasteiger partial charge is 0.158 e. The third-order valence-electron chi connectivity index (χ3n) is 1.45. The molecule has 0 saturated heterocycles. The standard InChI is InChI=1S/C8H7BrClFN2O/c9-4-1-2-5(11)7(8(4)14)13-6(12)3-10/h1-2,14H,3H2,(H2,12,13). The van der Waals surface area contributed by atoms with Crippen molar-refractivity contribution in [2.45, 2.75) is 0 Å². The van der Waals surface area contributed by atoms with Crippen molar-refractivity contribution in [3.05, 3.63) is 22.4 Å². The van der Waals surface area contributed by atoms with Crippen LogP contribution < -0.4 is 5.73 Å². The van der Waals surface area contributed by atoms with Crippen LogP contribution in [0.1, 0.15) is 0 Å². The van der Waals surface area contributed by atoms with Crippen LogP contribution in [0.15, 0.2) is 21.6 Å². The molecule has 3 nitrogen and oxygen atoms in total. The SMILES string of the molecule is NC(CCl)=Nc1c(F)ccc(Br)c1O. The zero-order valence-corrected chi connectivity index (χ0v) is 9.31. The minimum Gasteiger partial charge on any atom is -0.504 e. The Kier molecular flexibility index (Phi) is 3.71. The van der Waals surface area contributed by atoms with E-state index >= 15 is 0 Å². The number of benzene rings is 1. The molecule has 0 aromatic heterocycles. The number of aromatic hydroxyl groups is 1. The minimum atomic E-state index is -0.654. The van der Waals surface area contributed by atoms with Gasteiger partial charge in [-0.15, -0.1) is 11.6 Å². The molecule has 0 fully saturated rings. The Hall–Kier alpha value is -0.810. The number of rotatable bonds is 2. The Balaban J connectivity index is 3.26. The first kappa shape index (κ1) is 11.3. The van der Waals surface area contributed by atoms with Crippen LogP contribution in [0.2, 0.25) is 0 Å². The normalized spacial score (nSPS) is 11.8. The van der Waals surface area contributed by atoms with Crippen molar-refractivity contribution in [2.24, 2.45) is 10.7 Å². The van der Waals surface area contributed by atoms with E-state index in [1.165, 1.54) is 12.1 Å². The van der Waals surface area contributed by atoms with E-state index in [0.29, 0.717) is 4.47 Å². The van der Waals surface area contributed by atoms with Crippen LogP contribution in [0.4, 0.5) is 10.1 Å². The summed E-state index contributed by atoms with van der Waals surface area (Å²) in [5, 5.41) is 9.43. The molecule has 1 rings (SSSR count). The average molecular weight is 282 g/mol. The van der Waals surface area contributed by atoms with Gasteiger partial charge >= 0.3 is 0 Å². The van der Waals surface area contributed by atoms with E-state index in [1.807, 2.05) is 0 Å². The molecule has 14 heavy (non-hydrogen) atoms. The molecule has 0 heterocycles. The van der Waals surface area contributed by atoms with Gasteiger partial charge in [0, 0.05) is 0 Å². The number of halogens is 3. The van der Waals surface area contributed by atoms with Crippen molar-refractivity contribution in [1.29, 1.82) is 0 Å². The van der Waals surface area contributed by atoms with Gasteiger partial charge in [-0.25, -0.2) is 9.38 Å². The second-order valence-corrected chi connectivity index (χ2v) is 3.58. The molecule has 1 aromatic rings. The van der Waals surface area contributed by atoms with E-state index in [0.717, 1.165) is 0 Å². The zero-order valence-electron chi connectivity index (χ0n) is 6.97. The number of nitrogens with two attached hydrogens (primary N) is 1. The van der Waals surface area contributed by atoms with E-state index in [4.69, 9.17) is 17.3 Å². The lowest BCUT2D eigenvalue weighted by Gasteiger charge is -2.03. The van der Waals surface area contributed by atoms with Gasteiger partial charge in [-0.3, -0.25) is 0 Å². The van der Waals surface area contributed by atoms with Crippen molar-refractivity contribution in [3.8, 4) is 5.75 Å². The molecule has 6 heteroatoms. The highest BCUT2D eigenvalue weighted by Gasteiger charge is 2.10. The second-order valence-electron chi connectivity index (χ2n) is 2.46. The molecule has 1 aromatic carbocycles. The van der Waals surface area contributed by atoms with E-state index in [-0.39, 0.29) is 23.2 Å². The van der Waals surface area contributed by atoms with Crippen LogP contribution >= 0.6 is 27.5 Å². The van der Waals surface area contributed by atoms with Gasteiger partial charge < -0.3 is 10.8 Å². The first-order valence-corrected chi connectivity index (χ1v) is 4.95. The number of amidine groups is 1. The van der Waals surface area contributed by atoms with E-state index < -0.39 is 5.82 Å². The van der Waals surface area contributed by atoms with E-state index in [9.17, 15) is 9.50 Å². The van der Waals surface area contributed by atoms with E-state index in [1.54, 1.807) is 0 Å². The van der Waals surface area contributed by atoms with Crippen molar-refractivity contribution >= 4 is 39.1 Å². The molecule has 3 N–H and O–H groups in total. The van der Waals surface area contributed by atoms with Crippen LogP contribution in [0.5, 0.6) is 5.75 Å². The quantitative estimate of drug-likeness (QED) is 0.497. The molecule has 0 aliphatic heterocycles. The van der Waals surface area contributed by atoms with Gasteiger partial charge in [0.1, 0.15) is 11.5 Å². The summed E-state index contributed by atoms with van der Waals surface area (Å²) in [7, 11) is 0. The molecule has 0 amide bonds. The third-order valence-corrected chi connectivity index (χ3v) is 2.36. The predicted molar refractivity (Wildman–Crippen MR) is 57.8 cm³/mol. The number of aliphatic imine (C=N–C) groups is 1. The number of hydrogen-bond donors (Lipinski definition) is 2. The summed E-state index contributed by atoms with van der Waals surface area (Å²) in [5.41, 5.74) is 5.11. The van der Waals surface area contributed by atoms with Gasteiger partial charge in [0.25, 0.3) is 0 Å². The highest BCUT2D eigenvalue weighted by Crippen LogP contribution is 2.36. The van der Waals surface area contributed by atoms with Gasteiger partial charge in [-0.2, -0.15) is 0 Å². The summed E-state index contributed by atoms with van der Waals surface area (Å²) in [5.74, 6) is -0.929. The topological polar surface area (TPSA) is 58.6 Å². The maximum atomic E-state index is 13.1. The zero-order chi connectivity index (χ0) is 10.7. The van der Waals surface area contributed by atoms with Crippen LogP contribution in [-0.4, -0.2) is 16.8 Å². The lowest BCUT2D eigenvalue weighted by atomic mass is 10.3. The summed E-state index contributed by atoms with van der Waals surface area (Å²) in [6.45, 7) is 0. The Labute approximate surface area is 93.5 Å². The maximum Gasteiger partial charge on any atom is 0.158 e. The van der Waals surface area contributed by atoms with E-state index in [2.05, 4.69) is 20.9 Å². The molecule has 0 atom stereocenters. The number of nitrogens with zero attached hydrogens (tertiary/aromatic N) is 1. The lowest BCUT2D eigenvalue weighted by molar-refractivity contribution is 0.468. The van der Waals surface area contributed by atoms with Gasteiger partial charge in [0.15, 0.2) is 11.6 Å². The highest BCUT2D eigenvalue weighted by molar-refractivity contribution is 9.10. The maximum absolute atomic E-state index is 13.1.